The molecule has 5 heteroatoms. The monoisotopic (exact) mass is 218 g/mol. The van der Waals surface area contributed by atoms with Crippen molar-refractivity contribution in [3.8, 4) is 11.6 Å². The summed E-state index contributed by atoms with van der Waals surface area (Å²) in [5.41, 5.74) is 1.44. The molecule has 0 fully saturated rings. The van der Waals surface area contributed by atoms with Crippen molar-refractivity contribution < 1.29 is 14.3 Å². The minimum absolute atomic E-state index is 0.0294. The largest absolute Gasteiger partial charge is 0.477 e. The normalized spacial score (nSPS) is 10.4. The number of aromatic nitrogens is 2. The van der Waals surface area contributed by atoms with Crippen molar-refractivity contribution in [2.24, 2.45) is 0 Å². The van der Waals surface area contributed by atoms with E-state index in [0.717, 1.165) is 5.56 Å². The zero-order chi connectivity index (χ0) is 11.7. The van der Waals surface area contributed by atoms with Gasteiger partial charge in [0.1, 0.15) is 0 Å². The molecule has 0 saturated carbocycles. The summed E-state index contributed by atoms with van der Waals surface area (Å²) in [6, 6.07) is 3.20. The van der Waals surface area contributed by atoms with Crippen LogP contribution in [0.1, 0.15) is 21.7 Å². The van der Waals surface area contributed by atoms with Gasteiger partial charge >= 0.3 is 5.97 Å². The second-order valence-electron chi connectivity index (χ2n) is 3.46. The molecule has 1 N–H and O–H groups in total. The van der Waals surface area contributed by atoms with Crippen LogP contribution in [0.25, 0.3) is 11.6 Å². The molecule has 16 heavy (non-hydrogen) atoms. The van der Waals surface area contributed by atoms with E-state index in [2.05, 4.69) is 9.97 Å². The molecule has 0 amide bonds. The predicted octanol–water partition coefficient (Wildman–Crippen LogP) is 2.05. The van der Waals surface area contributed by atoms with Gasteiger partial charge < -0.3 is 9.52 Å². The van der Waals surface area contributed by atoms with Crippen LogP contribution in [0.2, 0.25) is 0 Å². The Morgan fingerprint density at radius 2 is 2.12 bits per heavy atom. The van der Waals surface area contributed by atoms with Crippen molar-refractivity contribution in [1.82, 2.24) is 9.97 Å². The molecule has 82 valence electrons. The fraction of sp³-hybridized carbons (Fsp3) is 0.182. The number of nitrogens with zero attached hydrogens (tertiary/aromatic N) is 2. The summed E-state index contributed by atoms with van der Waals surface area (Å²) in [7, 11) is 0. The van der Waals surface area contributed by atoms with Crippen LogP contribution in [0.15, 0.2) is 22.8 Å². The third-order valence-corrected chi connectivity index (χ3v) is 2.14. The molecule has 2 aromatic rings. The number of carboxylic acids is 1. The maximum atomic E-state index is 10.8. The first-order valence-electron chi connectivity index (χ1n) is 4.71. The van der Waals surface area contributed by atoms with Gasteiger partial charge in [-0.2, -0.15) is 0 Å². The van der Waals surface area contributed by atoms with Gasteiger partial charge in [0.05, 0.1) is 6.26 Å². The molecule has 0 unspecified atom stereocenters. The van der Waals surface area contributed by atoms with Crippen LogP contribution in [0, 0.1) is 13.8 Å². The molecule has 2 rings (SSSR count). The van der Waals surface area contributed by atoms with E-state index in [1.54, 1.807) is 13.0 Å². The quantitative estimate of drug-likeness (QED) is 0.834. The number of hydrogen-bond donors (Lipinski definition) is 1. The maximum Gasteiger partial charge on any atom is 0.354 e. The number of furan rings is 1. The van der Waals surface area contributed by atoms with Crippen LogP contribution in [-0.4, -0.2) is 21.0 Å². The molecule has 0 aliphatic rings. The van der Waals surface area contributed by atoms with E-state index in [-0.39, 0.29) is 5.69 Å². The van der Waals surface area contributed by atoms with Gasteiger partial charge in [-0.3, -0.25) is 0 Å². The van der Waals surface area contributed by atoms with Gasteiger partial charge in [0.25, 0.3) is 0 Å². The Morgan fingerprint density at radius 1 is 1.38 bits per heavy atom. The molecule has 0 radical (unpaired) electrons. The molecule has 0 saturated heterocycles. The molecule has 2 heterocycles. The number of aryl methyl sites for hydroxylation is 2. The fourth-order valence-electron chi connectivity index (χ4n) is 1.38. The summed E-state index contributed by atoms with van der Waals surface area (Å²) in [5.74, 6) is -0.262. The van der Waals surface area contributed by atoms with Gasteiger partial charge in [0.2, 0.25) is 0 Å². The highest BCUT2D eigenvalue weighted by Crippen LogP contribution is 2.21. The van der Waals surface area contributed by atoms with Gasteiger partial charge in [-0.25, -0.2) is 14.8 Å². The van der Waals surface area contributed by atoms with Gasteiger partial charge in [-0.05, 0) is 31.5 Å². The zero-order valence-electron chi connectivity index (χ0n) is 8.89. The Labute approximate surface area is 91.8 Å². The van der Waals surface area contributed by atoms with Crippen molar-refractivity contribution >= 4 is 5.97 Å². The van der Waals surface area contributed by atoms with E-state index < -0.39 is 5.97 Å². The van der Waals surface area contributed by atoms with Crippen molar-refractivity contribution in [3.05, 3.63) is 35.3 Å². The van der Waals surface area contributed by atoms with Gasteiger partial charge in [0, 0.05) is 5.69 Å². The smallest absolute Gasteiger partial charge is 0.354 e. The Kier molecular flexibility index (Phi) is 2.44. The topological polar surface area (TPSA) is 76.2 Å². The highest BCUT2D eigenvalue weighted by molar-refractivity contribution is 5.85. The number of rotatable bonds is 2. The summed E-state index contributed by atoms with van der Waals surface area (Å²) in [5, 5.41) is 8.88. The SMILES string of the molecule is Cc1cc(C(=O)O)nc(-c2occc2C)n1. The Morgan fingerprint density at radius 3 is 2.69 bits per heavy atom. The van der Waals surface area contributed by atoms with Crippen molar-refractivity contribution in [1.29, 1.82) is 0 Å². The summed E-state index contributed by atoms with van der Waals surface area (Å²) in [6.07, 6.45) is 1.52. The van der Waals surface area contributed by atoms with Crippen molar-refractivity contribution in [2.45, 2.75) is 13.8 Å². The van der Waals surface area contributed by atoms with Crippen molar-refractivity contribution in [2.75, 3.05) is 0 Å². The second-order valence-corrected chi connectivity index (χ2v) is 3.46. The molecule has 2 aromatic heterocycles. The summed E-state index contributed by atoms with van der Waals surface area (Å²) in [6.45, 7) is 3.57. The Hall–Kier alpha value is -2.17. The third-order valence-electron chi connectivity index (χ3n) is 2.14. The summed E-state index contributed by atoms with van der Waals surface area (Å²) >= 11 is 0. The highest BCUT2D eigenvalue weighted by atomic mass is 16.4. The van der Waals surface area contributed by atoms with Crippen LogP contribution in [0.5, 0.6) is 0 Å². The third kappa shape index (κ3) is 1.79. The van der Waals surface area contributed by atoms with E-state index in [1.807, 2.05) is 6.92 Å². The average Bonchev–Trinajstić information content (AvgIpc) is 2.63. The summed E-state index contributed by atoms with van der Waals surface area (Å²) in [4.78, 5) is 18.9. The Bertz CT molecular complexity index is 546. The maximum absolute atomic E-state index is 10.8. The zero-order valence-corrected chi connectivity index (χ0v) is 8.89. The average molecular weight is 218 g/mol. The van der Waals surface area contributed by atoms with E-state index in [4.69, 9.17) is 9.52 Å². The van der Waals surface area contributed by atoms with Crippen LogP contribution < -0.4 is 0 Å². The molecular weight excluding hydrogens is 208 g/mol. The predicted molar refractivity (Wildman–Crippen MR) is 56.2 cm³/mol. The van der Waals surface area contributed by atoms with Crippen LogP contribution >= 0.6 is 0 Å². The fourth-order valence-corrected chi connectivity index (χ4v) is 1.38. The minimum atomic E-state index is -1.07. The minimum Gasteiger partial charge on any atom is -0.477 e. The molecule has 5 nitrogen and oxygen atoms in total. The molecule has 0 spiro atoms. The molecule has 0 atom stereocenters. The van der Waals surface area contributed by atoms with E-state index in [1.165, 1.54) is 12.3 Å². The van der Waals surface area contributed by atoms with Crippen LogP contribution in [0.3, 0.4) is 0 Å². The van der Waals surface area contributed by atoms with Crippen LogP contribution in [0.4, 0.5) is 0 Å². The van der Waals surface area contributed by atoms with Gasteiger partial charge in [-0.15, -0.1) is 0 Å². The first-order valence-corrected chi connectivity index (χ1v) is 4.71. The standard InChI is InChI=1S/C11H10N2O3/c1-6-3-4-16-9(6)10-12-7(2)5-8(13-10)11(14)15/h3-5H,1-2H3,(H,14,15). The molecule has 0 aliphatic heterocycles. The van der Waals surface area contributed by atoms with E-state index >= 15 is 0 Å². The lowest BCUT2D eigenvalue weighted by Gasteiger charge is -2.01. The molecule has 0 aliphatic carbocycles. The molecule has 0 bridgehead atoms. The lowest BCUT2D eigenvalue weighted by Crippen LogP contribution is -2.04. The lowest BCUT2D eigenvalue weighted by atomic mass is 10.2. The molecule has 0 aromatic carbocycles. The van der Waals surface area contributed by atoms with E-state index in [9.17, 15) is 4.79 Å². The van der Waals surface area contributed by atoms with Crippen LogP contribution in [-0.2, 0) is 0 Å². The lowest BCUT2D eigenvalue weighted by molar-refractivity contribution is 0.0690. The van der Waals surface area contributed by atoms with Gasteiger partial charge in [-0.1, -0.05) is 0 Å². The summed E-state index contributed by atoms with van der Waals surface area (Å²) < 4.78 is 5.22. The molecular formula is C11H10N2O3. The van der Waals surface area contributed by atoms with E-state index in [0.29, 0.717) is 17.3 Å². The second kappa shape index (κ2) is 3.77. The van der Waals surface area contributed by atoms with Crippen molar-refractivity contribution in [3.63, 3.8) is 0 Å². The number of carboxylic acid groups (broad SMARTS) is 1. The van der Waals surface area contributed by atoms with Gasteiger partial charge in [0.15, 0.2) is 17.3 Å². The first kappa shape index (κ1) is 10.4. The first-order chi connectivity index (χ1) is 7.58. The Balaban J connectivity index is 2.58. The highest BCUT2D eigenvalue weighted by Gasteiger charge is 2.13. The number of hydrogen-bond acceptors (Lipinski definition) is 4. The number of carbonyl (C=O) groups is 1. The number of aromatic carboxylic acids is 1.